The number of nitrogens with one attached hydrogen (secondary N) is 1. The van der Waals surface area contributed by atoms with Gasteiger partial charge in [-0.25, -0.2) is 0 Å². The number of rotatable bonds is 3. The molecule has 0 aliphatic carbocycles. The summed E-state index contributed by atoms with van der Waals surface area (Å²) in [7, 11) is -4.07. The molecule has 0 bridgehead atoms. The molecule has 2 N–H and O–H groups in total. The molecule has 0 radical (unpaired) electrons. The van der Waals surface area contributed by atoms with E-state index in [2.05, 4.69) is 4.98 Å². The lowest BCUT2D eigenvalue weighted by atomic mass is 10.2. The number of hydrogen-bond donors (Lipinski definition) is 2. The van der Waals surface area contributed by atoms with Crippen molar-refractivity contribution in [1.82, 2.24) is 4.98 Å². The molecule has 0 unspecified atom stereocenters. The number of H-pyrrole nitrogens is 1. The molecule has 1 aromatic heterocycles. The van der Waals surface area contributed by atoms with Gasteiger partial charge in [-0.1, -0.05) is 13.3 Å². The summed E-state index contributed by atoms with van der Waals surface area (Å²) in [6, 6.07) is 1.66. The molecule has 0 aromatic carbocycles. The molecule has 68 valence electrons. The highest BCUT2D eigenvalue weighted by Crippen LogP contribution is 2.14. The standard InChI is InChI=1S/C7H11NO3S/c1-2-3-6-4-5-8-7(6)12(9,10)11/h4-5,8H,2-3H2,1H3,(H,9,10,11). The van der Waals surface area contributed by atoms with Gasteiger partial charge in [-0.3, -0.25) is 4.55 Å². The first-order valence-electron chi connectivity index (χ1n) is 3.69. The van der Waals surface area contributed by atoms with Gasteiger partial charge in [0.25, 0.3) is 0 Å². The van der Waals surface area contributed by atoms with Gasteiger partial charge >= 0.3 is 10.1 Å². The van der Waals surface area contributed by atoms with Crippen molar-refractivity contribution in [2.45, 2.75) is 24.8 Å². The van der Waals surface area contributed by atoms with Crippen molar-refractivity contribution >= 4 is 10.1 Å². The van der Waals surface area contributed by atoms with Crippen molar-refractivity contribution in [3.63, 3.8) is 0 Å². The van der Waals surface area contributed by atoms with Crippen LogP contribution in [0.25, 0.3) is 0 Å². The van der Waals surface area contributed by atoms with Crippen LogP contribution in [0.2, 0.25) is 0 Å². The van der Waals surface area contributed by atoms with Gasteiger partial charge in [0.15, 0.2) is 5.03 Å². The first-order chi connectivity index (χ1) is 5.55. The molecule has 5 heteroatoms. The minimum Gasteiger partial charge on any atom is -0.350 e. The highest BCUT2D eigenvalue weighted by Gasteiger charge is 2.15. The summed E-state index contributed by atoms with van der Waals surface area (Å²) in [6.07, 6.45) is 3.01. The lowest BCUT2D eigenvalue weighted by Gasteiger charge is -1.97. The van der Waals surface area contributed by atoms with Gasteiger partial charge in [-0.05, 0) is 18.1 Å². The van der Waals surface area contributed by atoms with Crippen LogP contribution in [-0.4, -0.2) is 18.0 Å². The maximum absolute atomic E-state index is 10.7. The van der Waals surface area contributed by atoms with Gasteiger partial charge in [0.2, 0.25) is 0 Å². The van der Waals surface area contributed by atoms with Crippen LogP contribution in [0.4, 0.5) is 0 Å². The van der Waals surface area contributed by atoms with Crippen LogP contribution in [0.5, 0.6) is 0 Å². The Kier molecular flexibility index (Phi) is 2.54. The Morgan fingerprint density at radius 3 is 2.75 bits per heavy atom. The topological polar surface area (TPSA) is 70.2 Å². The molecule has 0 aliphatic heterocycles. The fraction of sp³-hybridized carbons (Fsp3) is 0.429. The van der Waals surface area contributed by atoms with E-state index in [-0.39, 0.29) is 5.03 Å². The smallest absolute Gasteiger partial charge is 0.310 e. The van der Waals surface area contributed by atoms with E-state index in [9.17, 15) is 8.42 Å². The van der Waals surface area contributed by atoms with E-state index < -0.39 is 10.1 Å². The van der Waals surface area contributed by atoms with E-state index in [1.807, 2.05) is 6.92 Å². The summed E-state index contributed by atoms with van der Waals surface area (Å²) >= 11 is 0. The van der Waals surface area contributed by atoms with Gasteiger partial charge in [-0.2, -0.15) is 8.42 Å². The van der Waals surface area contributed by atoms with Crippen LogP contribution in [0.15, 0.2) is 17.3 Å². The molecule has 1 aromatic rings. The Bertz CT molecular complexity index is 352. The number of aryl methyl sites for hydroxylation is 1. The Balaban J connectivity index is 3.08. The zero-order valence-corrected chi connectivity index (χ0v) is 7.56. The predicted octanol–water partition coefficient (Wildman–Crippen LogP) is 1.21. The molecule has 0 atom stereocenters. The lowest BCUT2D eigenvalue weighted by Crippen LogP contribution is -2.01. The van der Waals surface area contributed by atoms with Crippen molar-refractivity contribution in [3.05, 3.63) is 17.8 Å². The van der Waals surface area contributed by atoms with Crippen molar-refractivity contribution in [3.8, 4) is 0 Å². The lowest BCUT2D eigenvalue weighted by molar-refractivity contribution is 0.478. The molecule has 0 amide bonds. The van der Waals surface area contributed by atoms with Crippen LogP contribution >= 0.6 is 0 Å². The van der Waals surface area contributed by atoms with E-state index in [1.165, 1.54) is 6.20 Å². The van der Waals surface area contributed by atoms with Gasteiger partial charge in [0.05, 0.1) is 0 Å². The Hall–Kier alpha value is -0.810. The number of aromatic nitrogens is 1. The first kappa shape index (κ1) is 9.28. The summed E-state index contributed by atoms with van der Waals surface area (Å²) < 4.78 is 30.2. The summed E-state index contributed by atoms with van der Waals surface area (Å²) in [5.74, 6) is 0. The zero-order valence-electron chi connectivity index (χ0n) is 6.74. The Morgan fingerprint density at radius 1 is 1.58 bits per heavy atom. The van der Waals surface area contributed by atoms with Crippen molar-refractivity contribution in [1.29, 1.82) is 0 Å². The second kappa shape index (κ2) is 3.28. The zero-order chi connectivity index (χ0) is 9.19. The van der Waals surface area contributed by atoms with Gasteiger partial charge in [0.1, 0.15) is 0 Å². The molecule has 0 saturated carbocycles. The summed E-state index contributed by atoms with van der Waals surface area (Å²) in [5, 5.41) is -0.0793. The van der Waals surface area contributed by atoms with Gasteiger partial charge in [-0.15, -0.1) is 0 Å². The number of hydrogen-bond acceptors (Lipinski definition) is 2. The minimum atomic E-state index is -4.07. The molecule has 0 aliphatic rings. The van der Waals surface area contributed by atoms with Crippen LogP contribution in [-0.2, 0) is 16.5 Å². The van der Waals surface area contributed by atoms with Crippen molar-refractivity contribution < 1.29 is 13.0 Å². The second-order valence-corrected chi connectivity index (χ2v) is 3.92. The largest absolute Gasteiger partial charge is 0.350 e. The molecule has 1 heterocycles. The van der Waals surface area contributed by atoms with E-state index in [0.29, 0.717) is 12.0 Å². The average molecular weight is 189 g/mol. The maximum atomic E-state index is 10.7. The van der Waals surface area contributed by atoms with Crippen LogP contribution < -0.4 is 0 Å². The predicted molar refractivity (Wildman–Crippen MR) is 44.6 cm³/mol. The first-order valence-corrected chi connectivity index (χ1v) is 5.13. The molecular weight excluding hydrogens is 178 g/mol. The van der Waals surface area contributed by atoms with E-state index >= 15 is 0 Å². The third kappa shape index (κ3) is 1.86. The summed E-state index contributed by atoms with van der Waals surface area (Å²) in [4.78, 5) is 2.49. The molecule has 12 heavy (non-hydrogen) atoms. The van der Waals surface area contributed by atoms with Crippen LogP contribution in [0.1, 0.15) is 18.9 Å². The monoisotopic (exact) mass is 189 g/mol. The van der Waals surface area contributed by atoms with Crippen LogP contribution in [0, 0.1) is 0 Å². The van der Waals surface area contributed by atoms with Gasteiger partial charge in [0, 0.05) is 6.20 Å². The molecule has 0 saturated heterocycles. The minimum absolute atomic E-state index is 0.0793. The highest BCUT2D eigenvalue weighted by molar-refractivity contribution is 7.85. The molecule has 0 fully saturated rings. The van der Waals surface area contributed by atoms with E-state index in [1.54, 1.807) is 6.07 Å². The third-order valence-electron chi connectivity index (χ3n) is 1.57. The van der Waals surface area contributed by atoms with Gasteiger partial charge < -0.3 is 4.98 Å². The third-order valence-corrected chi connectivity index (χ3v) is 2.46. The van der Waals surface area contributed by atoms with Crippen LogP contribution in [0.3, 0.4) is 0 Å². The SMILES string of the molecule is CCCc1cc[nH]c1S(=O)(=O)O. The maximum Gasteiger partial charge on any atom is 0.310 e. The molecule has 0 spiro atoms. The highest BCUT2D eigenvalue weighted by atomic mass is 32.2. The normalized spacial score (nSPS) is 11.8. The van der Waals surface area contributed by atoms with Crippen molar-refractivity contribution in [2.75, 3.05) is 0 Å². The average Bonchev–Trinajstić information content (AvgIpc) is 2.34. The van der Waals surface area contributed by atoms with E-state index in [4.69, 9.17) is 4.55 Å². The summed E-state index contributed by atoms with van der Waals surface area (Å²) in [5.41, 5.74) is 0.639. The van der Waals surface area contributed by atoms with Crippen molar-refractivity contribution in [2.24, 2.45) is 0 Å². The Labute approximate surface area is 71.4 Å². The second-order valence-electron chi connectivity index (χ2n) is 2.56. The molecule has 1 rings (SSSR count). The summed E-state index contributed by atoms with van der Waals surface area (Å²) in [6.45, 7) is 1.95. The fourth-order valence-electron chi connectivity index (χ4n) is 1.09. The quantitative estimate of drug-likeness (QED) is 0.702. The molecule has 4 nitrogen and oxygen atoms in total. The molecular formula is C7H11NO3S. The fourth-order valence-corrected chi connectivity index (χ4v) is 1.81. The van der Waals surface area contributed by atoms with E-state index in [0.717, 1.165) is 6.42 Å². The number of aromatic amines is 1. The Morgan fingerprint density at radius 2 is 2.25 bits per heavy atom.